The zero-order valence-electron chi connectivity index (χ0n) is 12.8. The topological polar surface area (TPSA) is 64.6 Å². The standard InChI is InChI=1S/C16H23NO4/c1-4-5-10-21-16(19)15(17-12(2)18)11-13-6-8-14(20-3)9-7-13/h6-9,15H,4-5,10-11H2,1-3H3,(H,17,18)/t15-/m1/s1. The molecule has 0 fully saturated rings. The summed E-state index contributed by atoms with van der Waals surface area (Å²) < 4.78 is 10.3. The predicted molar refractivity (Wildman–Crippen MR) is 80.2 cm³/mol. The van der Waals surface area contributed by atoms with Gasteiger partial charge in [0.25, 0.3) is 0 Å². The van der Waals surface area contributed by atoms with Crippen LogP contribution >= 0.6 is 0 Å². The van der Waals surface area contributed by atoms with E-state index in [0.29, 0.717) is 13.0 Å². The molecule has 1 aromatic rings. The number of benzene rings is 1. The molecule has 0 radical (unpaired) electrons. The van der Waals surface area contributed by atoms with E-state index in [-0.39, 0.29) is 5.91 Å². The van der Waals surface area contributed by atoms with E-state index in [1.807, 2.05) is 31.2 Å². The first-order chi connectivity index (χ1) is 10.1. The molecule has 0 spiro atoms. The number of nitrogens with one attached hydrogen (secondary N) is 1. The van der Waals surface area contributed by atoms with Gasteiger partial charge in [0.15, 0.2) is 0 Å². The minimum Gasteiger partial charge on any atom is -0.497 e. The van der Waals surface area contributed by atoms with E-state index in [0.717, 1.165) is 24.2 Å². The van der Waals surface area contributed by atoms with Crippen molar-refractivity contribution in [1.29, 1.82) is 0 Å². The van der Waals surface area contributed by atoms with Gasteiger partial charge in [-0.2, -0.15) is 0 Å². The monoisotopic (exact) mass is 293 g/mol. The molecule has 0 saturated carbocycles. The summed E-state index contributed by atoms with van der Waals surface area (Å²) in [4.78, 5) is 23.3. The van der Waals surface area contributed by atoms with Crippen LogP contribution in [0.1, 0.15) is 32.3 Å². The summed E-state index contributed by atoms with van der Waals surface area (Å²) in [7, 11) is 1.60. The smallest absolute Gasteiger partial charge is 0.328 e. The normalized spacial score (nSPS) is 11.6. The molecule has 0 aliphatic rings. The van der Waals surface area contributed by atoms with Gasteiger partial charge in [-0.25, -0.2) is 4.79 Å². The van der Waals surface area contributed by atoms with Crippen molar-refractivity contribution in [3.05, 3.63) is 29.8 Å². The van der Waals surface area contributed by atoms with Gasteiger partial charge in [0.05, 0.1) is 13.7 Å². The molecule has 0 saturated heterocycles. The van der Waals surface area contributed by atoms with Crippen molar-refractivity contribution in [1.82, 2.24) is 5.32 Å². The summed E-state index contributed by atoms with van der Waals surface area (Å²) in [6, 6.07) is 6.72. The number of methoxy groups -OCH3 is 1. The van der Waals surface area contributed by atoms with E-state index in [1.54, 1.807) is 7.11 Å². The van der Waals surface area contributed by atoms with Gasteiger partial charge in [0.2, 0.25) is 5.91 Å². The van der Waals surface area contributed by atoms with Crippen LogP contribution in [0.2, 0.25) is 0 Å². The lowest BCUT2D eigenvalue weighted by Gasteiger charge is -2.17. The molecular weight excluding hydrogens is 270 g/mol. The van der Waals surface area contributed by atoms with Crippen molar-refractivity contribution in [2.45, 2.75) is 39.2 Å². The van der Waals surface area contributed by atoms with Crippen LogP contribution in [-0.4, -0.2) is 31.6 Å². The lowest BCUT2D eigenvalue weighted by atomic mass is 10.1. The van der Waals surface area contributed by atoms with Crippen molar-refractivity contribution in [3.63, 3.8) is 0 Å². The van der Waals surface area contributed by atoms with Crippen LogP contribution in [0.15, 0.2) is 24.3 Å². The van der Waals surface area contributed by atoms with Gasteiger partial charge in [0, 0.05) is 13.3 Å². The first kappa shape index (κ1) is 17.0. The predicted octanol–water partition coefficient (Wildman–Crippen LogP) is 2.09. The molecule has 0 heterocycles. The Hall–Kier alpha value is -2.04. The maximum absolute atomic E-state index is 12.0. The van der Waals surface area contributed by atoms with Gasteiger partial charge >= 0.3 is 5.97 Å². The Labute approximate surface area is 125 Å². The molecule has 1 N–H and O–H groups in total. The largest absolute Gasteiger partial charge is 0.497 e. The second-order valence-electron chi connectivity index (χ2n) is 4.83. The average Bonchev–Trinajstić information content (AvgIpc) is 2.47. The lowest BCUT2D eigenvalue weighted by molar-refractivity contribution is -0.147. The number of unbranched alkanes of at least 4 members (excludes halogenated alkanes) is 1. The van der Waals surface area contributed by atoms with Crippen molar-refractivity contribution in [3.8, 4) is 5.75 Å². The number of rotatable bonds is 8. The average molecular weight is 293 g/mol. The maximum atomic E-state index is 12.0. The van der Waals surface area contributed by atoms with Crippen LogP contribution in [0.3, 0.4) is 0 Å². The van der Waals surface area contributed by atoms with E-state index in [9.17, 15) is 9.59 Å². The van der Waals surface area contributed by atoms with Gasteiger partial charge in [-0.3, -0.25) is 4.79 Å². The molecule has 5 heteroatoms. The van der Waals surface area contributed by atoms with Gasteiger partial charge in [0.1, 0.15) is 11.8 Å². The highest BCUT2D eigenvalue weighted by Gasteiger charge is 2.21. The third-order valence-corrected chi connectivity index (χ3v) is 3.00. The second kappa shape index (κ2) is 9.00. The minimum absolute atomic E-state index is 0.249. The van der Waals surface area contributed by atoms with Crippen LogP contribution in [-0.2, 0) is 20.7 Å². The van der Waals surface area contributed by atoms with Crippen molar-refractivity contribution < 1.29 is 19.1 Å². The summed E-state index contributed by atoms with van der Waals surface area (Å²) in [6.07, 6.45) is 2.17. The van der Waals surface area contributed by atoms with Gasteiger partial charge in [-0.1, -0.05) is 25.5 Å². The molecule has 1 aromatic carbocycles. The highest BCUT2D eigenvalue weighted by molar-refractivity contribution is 5.83. The van der Waals surface area contributed by atoms with E-state index in [4.69, 9.17) is 9.47 Å². The highest BCUT2D eigenvalue weighted by Crippen LogP contribution is 2.13. The number of esters is 1. The number of carbonyl (C=O) groups excluding carboxylic acids is 2. The minimum atomic E-state index is -0.659. The van der Waals surface area contributed by atoms with Gasteiger partial charge in [-0.15, -0.1) is 0 Å². The molecule has 0 unspecified atom stereocenters. The zero-order chi connectivity index (χ0) is 15.7. The number of amides is 1. The first-order valence-electron chi connectivity index (χ1n) is 7.13. The maximum Gasteiger partial charge on any atom is 0.328 e. The quantitative estimate of drug-likeness (QED) is 0.589. The van der Waals surface area contributed by atoms with E-state index in [2.05, 4.69) is 5.32 Å². The Balaban J connectivity index is 2.67. The van der Waals surface area contributed by atoms with Gasteiger partial charge < -0.3 is 14.8 Å². The summed E-state index contributed by atoms with van der Waals surface area (Å²) in [6.45, 7) is 3.80. The summed E-state index contributed by atoms with van der Waals surface area (Å²) in [5.74, 6) is 0.107. The number of ether oxygens (including phenoxy) is 2. The fourth-order valence-corrected chi connectivity index (χ4v) is 1.85. The molecule has 1 atom stereocenters. The lowest BCUT2D eigenvalue weighted by Crippen LogP contribution is -2.42. The molecule has 0 aliphatic heterocycles. The van der Waals surface area contributed by atoms with Crippen LogP contribution in [0.4, 0.5) is 0 Å². The Morgan fingerprint density at radius 2 is 1.90 bits per heavy atom. The second-order valence-corrected chi connectivity index (χ2v) is 4.83. The zero-order valence-corrected chi connectivity index (χ0v) is 12.8. The number of carbonyl (C=O) groups is 2. The van der Waals surface area contributed by atoms with E-state index < -0.39 is 12.0 Å². The summed E-state index contributed by atoms with van der Waals surface area (Å²) in [5, 5.41) is 2.64. The van der Waals surface area contributed by atoms with Crippen LogP contribution in [0.5, 0.6) is 5.75 Å². The number of hydrogen-bond donors (Lipinski definition) is 1. The Morgan fingerprint density at radius 3 is 2.43 bits per heavy atom. The van der Waals surface area contributed by atoms with Crippen LogP contribution in [0, 0.1) is 0 Å². The number of hydrogen-bond acceptors (Lipinski definition) is 4. The van der Waals surface area contributed by atoms with Crippen molar-refractivity contribution >= 4 is 11.9 Å². The molecule has 0 aliphatic carbocycles. The third-order valence-electron chi connectivity index (χ3n) is 3.00. The fourth-order valence-electron chi connectivity index (χ4n) is 1.85. The van der Waals surface area contributed by atoms with Crippen molar-refractivity contribution in [2.75, 3.05) is 13.7 Å². The third kappa shape index (κ3) is 6.29. The van der Waals surface area contributed by atoms with E-state index in [1.165, 1.54) is 6.92 Å². The van der Waals surface area contributed by atoms with E-state index >= 15 is 0 Å². The molecule has 0 aromatic heterocycles. The van der Waals surface area contributed by atoms with Crippen molar-refractivity contribution in [2.24, 2.45) is 0 Å². The molecule has 5 nitrogen and oxygen atoms in total. The molecular formula is C16H23NO4. The molecule has 21 heavy (non-hydrogen) atoms. The molecule has 1 rings (SSSR count). The molecule has 1 amide bonds. The highest BCUT2D eigenvalue weighted by atomic mass is 16.5. The fraction of sp³-hybridized carbons (Fsp3) is 0.500. The Morgan fingerprint density at radius 1 is 1.24 bits per heavy atom. The van der Waals surface area contributed by atoms with Gasteiger partial charge in [-0.05, 0) is 24.1 Å². The Kier molecular flexibility index (Phi) is 7.29. The Bertz CT molecular complexity index is 456. The summed E-state index contributed by atoms with van der Waals surface area (Å²) >= 11 is 0. The van der Waals surface area contributed by atoms with Crippen LogP contribution in [0.25, 0.3) is 0 Å². The SMILES string of the molecule is CCCCOC(=O)[C@@H](Cc1ccc(OC)cc1)NC(C)=O. The summed E-state index contributed by atoms with van der Waals surface area (Å²) in [5.41, 5.74) is 0.932. The molecule has 116 valence electrons. The first-order valence-corrected chi connectivity index (χ1v) is 7.13. The van der Waals surface area contributed by atoms with Crippen LogP contribution < -0.4 is 10.1 Å². The molecule has 0 bridgehead atoms.